The van der Waals surface area contributed by atoms with E-state index < -0.39 is 6.10 Å². The topological polar surface area (TPSA) is 69.8 Å². The number of carbonyl (C=O) groups excluding carboxylic acids is 1. The van der Waals surface area contributed by atoms with Crippen LogP contribution in [0.1, 0.15) is 30.6 Å². The molecule has 0 aliphatic heterocycles. The maximum Gasteiger partial charge on any atom is 0.236 e. The van der Waals surface area contributed by atoms with Crippen LogP contribution < -0.4 is 5.73 Å². The maximum atomic E-state index is 11.8. The molecule has 0 aliphatic carbocycles. The molecule has 1 unspecified atom stereocenters. The van der Waals surface area contributed by atoms with Gasteiger partial charge in [-0.1, -0.05) is 31.2 Å². The number of rotatable bonds is 8. The van der Waals surface area contributed by atoms with Crippen molar-refractivity contribution in [2.24, 2.45) is 5.73 Å². The van der Waals surface area contributed by atoms with Gasteiger partial charge in [-0.15, -0.1) is 0 Å². The molecular formula is C16H27N3O2. The zero-order valence-electron chi connectivity index (χ0n) is 13.2. The molecule has 1 atom stereocenters. The van der Waals surface area contributed by atoms with E-state index in [1.165, 1.54) is 0 Å². The van der Waals surface area contributed by atoms with Gasteiger partial charge in [-0.25, -0.2) is 0 Å². The minimum absolute atomic E-state index is 0.0501. The highest BCUT2D eigenvalue weighted by molar-refractivity contribution is 5.77. The van der Waals surface area contributed by atoms with E-state index in [4.69, 9.17) is 5.73 Å². The van der Waals surface area contributed by atoms with E-state index in [-0.39, 0.29) is 5.91 Å². The quantitative estimate of drug-likeness (QED) is 0.749. The van der Waals surface area contributed by atoms with Crippen LogP contribution >= 0.6 is 0 Å². The number of aliphatic hydroxyl groups excluding tert-OH is 1. The number of hydrogen-bond acceptors (Lipinski definition) is 4. The van der Waals surface area contributed by atoms with Crippen LogP contribution in [0.5, 0.6) is 0 Å². The monoisotopic (exact) mass is 293 g/mol. The first-order valence-electron chi connectivity index (χ1n) is 7.37. The van der Waals surface area contributed by atoms with E-state index in [1.54, 1.807) is 19.0 Å². The van der Waals surface area contributed by atoms with Crippen molar-refractivity contribution >= 4 is 5.91 Å². The lowest BCUT2D eigenvalue weighted by molar-refractivity contribution is -0.130. The van der Waals surface area contributed by atoms with Gasteiger partial charge >= 0.3 is 0 Å². The lowest BCUT2D eigenvalue weighted by atomic mass is 10.1. The summed E-state index contributed by atoms with van der Waals surface area (Å²) in [6.45, 7) is 4.14. The smallest absolute Gasteiger partial charge is 0.236 e. The summed E-state index contributed by atoms with van der Waals surface area (Å²) < 4.78 is 0. The average molecular weight is 293 g/mol. The number of benzene rings is 1. The third kappa shape index (κ3) is 5.83. The molecule has 5 nitrogen and oxygen atoms in total. The van der Waals surface area contributed by atoms with Crippen molar-refractivity contribution in [2.45, 2.75) is 26.0 Å². The minimum atomic E-state index is -0.599. The molecule has 0 bridgehead atoms. The Bertz CT molecular complexity index is 432. The lowest BCUT2D eigenvalue weighted by Crippen LogP contribution is -2.39. The van der Waals surface area contributed by atoms with Crippen LogP contribution in [0.4, 0.5) is 0 Å². The van der Waals surface area contributed by atoms with Crippen LogP contribution in [-0.4, -0.2) is 54.5 Å². The summed E-state index contributed by atoms with van der Waals surface area (Å²) in [5.41, 5.74) is 7.46. The van der Waals surface area contributed by atoms with E-state index in [0.29, 0.717) is 19.6 Å². The van der Waals surface area contributed by atoms with Crippen LogP contribution in [0.25, 0.3) is 0 Å². The molecule has 0 fully saturated rings. The van der Waals surface area contributed by atoms with Crippen molar-refractivity contribution in [3.63, 3.8) is 0 Å². The molecule has 1 aromatic carbocycles. The van der Waals surface area contributed by atoms with Gasteiger partial charge < -0.3 is 15.7 Å². The van der Waals surface area contributed by atoms with Gasteiger partial charge in [0.15, 0.2) is 0 Å². The molecule has 0 saturated carbocycles. The summed E-state index contributed by atoms with van der Waals surface area (Å²) in [5.74, 6) is 0.0501. The Morgan fingerprint density at radius 3 is 2.38 bits per heavy atom. The van der Waals surface area contributed by atoms with E-state index in [1.807, 2.05) is 29.2 Å². The van der Waals surface area contributed by atoms with Gasteiger partial charge in [-0.3, -0.25) is 9.69 Å². The summed E-state index contributed by atoms with van der Waals surface area (Å²) in [6, 6.07) is 7.64. The van der Waals surface area contributed by atoms with Gasteiger partial charge in [0.25, 0.3) is 0 Å². The number of nitrogens with two attached hydrogens (primary N) is 1. The highest BCUT2D eigenvalue weighted by Gasteiger charge is 2.16. The van der Waals surface area contributed by atoms with Crippen molar-refractivity contribution in [2.75, 3.05) is 33.7 Å². The van der Waals surface area contributed by atoms with E-state index >= 15 is 0 Å². The Kier molecular flexibility index (Phi) is 7.36. The second-order valence-electron chi connectivity index (χ2n) is 5.48. The van der Waals surface area contributed by atoms with Gasteiger partial charge in [0, 0.05) is 27.2 Å². The Hall–Kier alpha value is -1.43. The number of hydrogen-bond donors (Lipinski definition) is 2. The molecule has 1 rings (SSSR count). The number of nitrogens with zero attached hydrogens (tertiary/aromatic N) is 2. The molecule has 0 radical (unpaired) electrons. The molecular weight excluding hydrogens is 266 g/mol. The van der Waals surface area contributed by atoms with Crippen molar-refractivity contribution in [1.82, 2.24) is 9.80 Å². The van der Waals surface area contributed by atoms with Crippen molar-refractivity contribution in [3.8, 4) is 0 Å². The fraction of sp³-hybridized carbons (Fsp3) is 0.562. The van der Waals surface area contributed by atoms with Gasteiger partial charge in [-0.2, -0.15) is 0 Å². The van der Waals surface area contributed by atoms with E-state index in [2.05, 4.69) is 6.92 Å². The summed E-state index contributed by atoms with van der Waals surface area (Å²) in [5, 5.41) is 10.3. The first-order valence-corrected chi connectivity index (χ1v) is 7.37. The van der Waals surface area contributed by atoms with Crippen LogP contribution in [0.15, 0.2) is 24.3 Å². The summed E-state index contributed by atoms with van der Waals surface area (Å²) in [4.78, 5) is 15.4. The Labute approximate surface area is 127 Å². The molecule has 0 aromatic heterocycles. The van der Waals surface area contributed by atoms with Crippen LogP contribution in [0, 0.1) is 0 Å². The van der Waals surface area contributed by atoms with E-state index in [0.717, 1.165) is 24.1 Å². The van der Waals surface area contributed by atoms with Crippen molar-refractivity contribution in [3.05, 3.63) is 35.4 Å². The summed E-state index contributed by atoms with van der Waals surface area (Å²) >= 11 is 0. The zero-order valence-corrected chi connectivity index (χ0v) is 13.2. The Balaban J connectivity index is 2.65. The molecule has 0 saturated heterocycles. The number of aliphatic hydroxyl groups is 1. The third-order valence-corrected chi connectivity index (χ3v) is 3.43. The third-order valence-electron chi connectivity index (χ3n) is 3.43. The molecule has 118 valence electrons. The van der Waals surface area contributed by atoms with Crippen LogP contribution in [0.2, 0.25) is 0 Å². The molecule has 0 spiro atoms. The molecule has 1 amide bonds. The highest BCUT2D eigenvalue weighted by atomic mass is 16.3. The Morgan fingerprint density at radius 1 is 1.29 bits per heavy atom. The average Bonchev–Trinajstić information content (AvgIpc) is 2.47. The number of carbonyl (C=O) groups is 1. The first kappa shape index (κ1) is 17.6. The second kappa shape index (κ2) is 8.77. The fourth-order valence-electron chi connectivity index (χ4n) is 2.11. The summed E-state index contributed by atoms with van der Waals surface area (Å²) in [6.07, 6.45) is 0.345. The second-order valence-corrected chi connectivity index (χ2v) is 5.48. The molecule has 21 heavy (non-hydrogen) atoms. The van der Waals surface area contributed by atoms with E-state index in [9.17, 15) is 9.90 Å². The molecule has 0 heterocycles. The lowest BCUT2D eigenvalue weighted by Gasteiger charge is -2.25. The standard InChI is InChI=1S/C16H27N3O2/c1-4-9-19(12-16(21)18(2)3)11-15(20)14-7-5-13(10-17)6-8-14/h5-8,15,20H,4,9-12,17H2,1-3H3. The molecule has 0 aliphatic rings. The van der Waals surface area contributed by atoms with Gasteiger partial charge in [-0.05, 0) is 24.1 Å². The largest absolute Gasteiger partial charge is 0.387 e. The minimum Gasteiger partial charge on any atom is -0.387 e. The predicted molar refractivity (Wildman–Crippen MR) is 84.7 cm³/mol. The van der Waals surface area contributed by atoms with Crippen LogP contribution in [-0.2, 0) is 11.3 Å². The number of amides is 1. The normalized spacial score (nSPS) is 12.5. The predicted octanol–water partition coefficient (Wildman–Crippen LogP) is 0.979. The van der Waals surface area contributed by atoms with Gasteiger partial charge in [0.1, 0.15) is 0 Å². The molecule has 1 aromatic rings. The van der Waals surface area contributed by atoms with Crippen molar-refractivity contribution in [1.29, 1.82) is 0 Å². The fourth-order valence-corrected chi connectivity index (χ4v) is 2.11. The van der Waals surface area contributed by atoms with Gasteiger partial charge in [0.05, 0.1) is 12.6 Å². The van der Waals surface area contributed by atoms with Crippen LogP contribution in [0.3, 0.4) is 0 Å². The maximum absolute atomic E-state index is 11.8. The Morgan fingerprint density at radius 2 is 1.90 bits per heavy atom. The highest BCUT2D eigenvalue weighted by Crippen LogP contribution is 2.15. The molecule has 3 N–H and O–H groups in total. The van der Waals surface area contributed by atoms with Crippen molar-refractivity contribution < 1.29 is 9.90 Å². The SMILES string of the molecule is CCCN(CC(=O)N(C)C)CC(O)c1ccc(CN)cc1. The van der Waals surface area contributed by atoms with Gasteiger partial charge in [0.2, 0.25) is 5.91 Å². The summed E-state index contributed by atoms with van der Waals surface area (Å²) in [7, 11) is 3.49. The first-order chi connectivity index (χ1) is 9.97. The number of likely N-dealkylation sites (N-methyl/N-ethyl adjacent to an activating group) is 1. The zero-order chi connectivity index (χ0) is 15.8. The molecule has 5 heteroatoms.